The van der Waals surface area contributed by atoms with Gasteiger partial charge in [-0.1, -0.05) is 29.8 Å². The number of ether oxygens (including phenoxy) is 1. The fourth-order valence-corrected chi connectivity index (χ4v) is 2.57. The molecule has 4 heteroatoms. The van der Waals surface area contributed by atoms with Crippen LogP contribution in [0, 0.1) is 6.92 Å². The second kappa shape index (κ2) is 6.20. The molecular formula is C18H21N3O. The summed E-state index contributed by atoms with van der Waals surface area (Å²) in [7, 11) is 0. The van der Waals surface area contributed by atoms with Gasteiger partial charge in [0.15, 0.2) is 0 Å². The van der Waals surface area contributed by atoms with Gasteiger partial charge in [0.05, 0.1) is 23.6 Å². The summed E-state index contributed by atoms with van der Waals surface area (Å²) in [6.07, 6.45) is 0. The summed E-state index contributed by atoms with van der Waals surface area (Å²) >= 11 is 0. The van der Waals surface area contributed by atoms with Crippen LogP contribution in [0.4, 0.5) is 0 Å². The van der Waals surface area contributed by atoms with Crippen LogP contribution in [-0.4, -0.2) is 16.2 Å². The third-order valence-corrected chi connectivity index (χ3v) is 3.70. The van der Waals surface area contributed by atoms with Crippen LogP contribution in [0.25, 0.3) is 11.0 Å². The number of rotatable bonds is 5. The van der Waals surface area contributed by atoms with Gasteiger partial charge in [-0.3, -0.25) is 0 Å². The van der Waals surface area contributed by atoms with Gasteiger partial charge in [-0.15, -0.1) is 0 Å². The molecule has 3 rings (SSSR count). The minimum atomic E-state index is -0.105. The topological polar surface area (TPSA) is 53.1 Å². The lowest BCUT2D eigenvalue weighted by atomic mass is 10.2. The Kier molecular flexibility index (Phi) is 4.11. The van der Waals surface area contributed by atoms with Crippen molar-refractivity contribution in [1.29, 1.82) is 0 Å². The van der Waals surface area contributed by atoms with Gasteiger partial charge in [-0.2, -0.15) is 0 Å². The molecule has 1 heterocycles. The maximum absolute atomic E-state index is 6.05. The third kappa shape index (κ3) is 2.97. The van der Waals surface area contributed by atoms with Crippen molar-refractivity contribution in [1.82, 2.24) is 9.55 Å². The molecule has 0 amide bonds. The highest BCUT2D eigenvalue weighted by atomic mass is 16.5. The number of hydrogen-bond donors (Lipinski definition) is 1. The zero-order chi connectivity index (χ0) is 15.5. The van der Waals surface area contributed by atoms with E-state index in [2.05, 4.69) is 34.7 Å². The minimum absolute atomic E-state index is 0.105. The molecule has 0 bridgehead atoms. The summed E-state index contributed by atoms with van der Waals surface area (Å²) in [6.45, 7) is 5.34. The molecule has 3 aromatic rings. The molecule has 1 aromatic heterocycles. The zero-order valence-electron chi connectivity index (χ0n) is 13.0. The average Bonchev–Trinajstić information content (AvgIpc) is 2.89. The van der Waals surface area contributed by atoms with Gasteiger partial charge in [0.25, 0.3) is 0 Å². The van der Waals surface area contributed by atoms with Gasteiger partial charge in [0.2, 0.25) is 0 Å². The van der Waals surface area contributed by atoms with E-state index in [0.29, 0.717) is 6.61 Å². The predicted octanol–water partition coefficient (Wildman–Crippen LogP) is 3.44. The fraction of sp³-hybridized carbons (Fsp3) is 0.278. The standard InChI is InChI=1S/C18H21N3O/c1-13-7-9-15(10-8-13)22-12-11-21-17-6-4-3-5-16(17)20-18(21)14(2)19/h3-10,14H,11-12,19H2,1-2H3. The average molecular weight is 295 g/mol. The maximum atomic E-state index is 6.05. The van der Waals surface area contributed by atoms with Crippen molar-refractivity contribution in [2.75, 3.05) is 6.61 Å². The summed E-state index contributed by atoms with van der Waals surface area (Å²) in [5.74, 6) is 1.78. The first-order valence-electron chi connectivity index (χ1n) is 7.55. The lowest BCUT2D eigenvalue weighted by molar-refractivity contribution is 0.297. The Morgan fingerprint density at radius 1 is 1.14 bits per heavy atom. The van der Waals surface area contributed by atoms with Crippen molar-refractivity contribution in [2.45, 2.75) is 26.4 Å². The quantitative estimate of drug-likeness (QED) is 0.784. The number of aromatic nitrogens is 2. The Morgan fingerprint density at radius 3 is 2.59 bits per heavy atom. The molecule has 22 heavy (non-hydrogen) atoms. The van der Waals surface area contributed by atoms with E-state index in [1.54, 1.807) is 0 Å². The number of nitrogens with zero attached hydrogens (tertiary/aromatic N) is 2. The van der Waals surface area contributed by atoms with Crippen molar-refractivity contribution < 1.29 is 4.74 Å². The van der Waals surface area contributed by atoms with Crippen LogP contribution in [0.5, 0.6) is 5.75 Å². The van der Waals surface area contributed by atoms with E-state index in [4.69, 9.17) is 10.5 Å². The molecule has 0 fully saturated rings. The number of benzene rings is 2. The first kappa shape index (κ1) is 14.6. The van der Waals surface area contributed by atoms with Crippen LogP contribution in [0.15, 0.2) is 48.5 Å². The normalized spacial score (nSPS) is 12.5. The summed E-state index contributed by atoms with van der Waals surface area (Å²) in [5.41, 5.74) is 9.36. The predicted molar refractivity (Wildman–Crippen MR) is 89.0 cm³/mol. The molecule has 4 nitrogen and oxygen atoms in total. The Hall–Kier alpha value is -2.33. The highest BCUT2D eigenvalue weighted by Gasteiger charge is 2.13. The number of aryl methyl sites for hydroxylation is 1. The van der Waals surface area contributed by atoms with Gasteiger partial charge < -0.3 is 15.0 Å². The molecule has 2 aromatic carbocycles. The first-order valence-corrected chi connectivity index (χ1v) is 7.55. The molecule has 0 spiro atoms. The monoisotopic (exact) mass is 295 g/mol. The van der Waals surface area contributed by atoms with Crippen LogP contribution in [0.1, 0.15) is 24.4 Å². The second-order valence-electron chi connectivity index (χ2n) is 5.56. The molecular weight excluding hydrogens is 274 g/mol. The number of imidazole rings is 1. The van der Waals surface area contributed by atoms with E-state index in [-0.39, 0.29) is 6.04 Å². The second-order valence-corrected chi connectivity index (χ2v) is 5.56. The largest absolute Gasteiger partial charge is 0.492 e. The van der Waals surface area contributed by atoms with Crippen LogP contribution < -0.4 is 10.5 Å². The molecule has 0 aliphatic heterocycles. The van der Waals surface area contributed by atoms with Crippen LogP contribution in [-0.2, 0) is 6.54 Å². The van der Waals surface area contributed by atoms with Crippen molar-refractivity contribution in [3.8, 4) is 5.75 Å². The molecule has 0 saturated carbocycles. The lowest BCUT2D eigenvalue weighted by Gasteiger charge is -2.12. The number of fused-ring (bicyclic) bond motifs is 1. The molecule has 0 saturated heterocycles. The summed E-state index contributed by atoms with van der Waals surface area (Å²) in [4.78, 5) is 4.63. The van der Waals surface area contributed by atoms with Crippen LogP contribution >= 0.6 is 0 Å². The van der Waals surface area contributed by atoms with Crippen molar-refractivity contribution >= 4 is 11.0 Å². The molecule has 2 N–H and O–H groups in total. The highest BCUT2D eigenvalue weighted by molar-refractivity contribution is 5.76. The molecule has 0 aliphatic carbocycles. The number of hydrogen-bond acceptors (Lipinski definition) is 3. The van der Waals surface area contributed by atoms with E-state index in [9.17, 15) is 0 Å². The Balaban J connectivity index is 1.78. The van der Waals surface area contributed by atoms with E-state index in [1.165, 1.54) is 5.56 Å². The van der Waals surface area contributed by atoms with E-state index in [0.717, 1.165) is 29.2 Å². The van der Waals surface area contributed by atoms with E-state index in [1.807, 2.05) is 37.3 Å². The van der Waals surface area contributed by atoms with Crippen molar-refractivity contribution in [3.63, 3.8) is 0 Å². The van der Waals surface area contributed by atoms with Gasteiger partial charge in [0.1, 0.15) is 18.2 Å². The van der Waals surface area contributed by atoms with Gasteiger partial charge >= 0.3 is 0 Å². The van der Waals surface area contributed by atoms with E-state index < -0.39 is 0 Å². The molecule has 1 unspecified atom stereocenters. The minimum Gasteiger partial charge on any atom is -0.492 e. The fourth-order valence-electron chi connectivity index (χ4n) is 2.57. The van der Waals surface area contributed by atoms with Gasteiger partial charge in [-0.25, -0.2) is 4.98 Å². The smallest absolute Gasteiger partial charge is 0.126 e. The molecule has 0 aliphatic rings. The Labute approximate surface area is 130 Å². The van der Waals surface area contributed by atoms with Crippen molar-refractivity contribution in [2.24, 2.45) is 5.73 Å². The third-order valence-electron chi connectivity index (χ3n) is 3.70. The highest BCUT2D eigenvalue weighted by Crippen LogP contribution is 2.20. The number of para-hydroxylation sites is 2. The molecule has 1 atom stereocenters. The molecule has 0 radical (unpaired) electrons. The summed E-state index contributed by atoms with van der Waals surface area (Å²) < 4.78 is 7.98. The van der Waals surface area contributed by atoms with E-state index >= 15 is 0 Å². The van der Waals surface area contributed by atoms with Crippen LogP contribution in [0.2, 0.25) is 0 Å². The first-order chi connectivity index (χ1) is 10.6. The number of nitrogens with two attached hydrogens (primary N) is 1. The molecule has 114 valence electrons. The Morgan fingerprint density at radius 2 is 1.86 bits per heavy atom. The summed E-state index contributed by atoms with van der Waals surface area (Å²) in [6, 6.07) is 16.1. The lowest BCUT2D eigenvalue weighted by Crippen LogP contribution is -2.16. The zero-order valence-corrected chi connectivity index (χ0v) is 13.0. The van der Waals surface area contributed by atoms with Gasteiger partial charge in [-0.05, 0) is 38.1 Å². The van der Waals surface area contributed by atoms with Crippen LogP contribution in [0.3, 0.4) is 0 Å². The van der Waals surface area contributed by atoms with Gasteiger partial charge in [0, 0.05) is 0 Å². The maximum Gasteiger partial charge on any atom is 0.126 e. The SMILES string of the molecule is Cc1ccc(OCCn2c(C(C)N)nc3ccccc32)cc1. The Bertz CT molecular complexity index is 760. The van der Waals surface area contributed by atoms with Crippen molar-refractivity contribution in [3.05, 3.63) is 59.9 Å². The summed E-state index contributed by atoms with van der Waals surface area (Å²) in [5, 5.41) is 0.